The molecule has 1 spiro atoms. The zero-order valence-electron chi connectivity index (χ0n) is 13.5. The van der Waals surface area contributed by atoms with Crippen LogP contribution in [0.4, 0.5) is 9.18 Å². The van der Waals surface area contributed by atoms with Crippen LogP contribution >= 0.6 is 0 Å². The Hall–Kier alpha value is -2.37. The number of halogens is 1. The van der Waals surface area contributed by atoms with E-state index in [9.17, 15) is 9.18 Å². The highest BCUT2D eigenvalue weighted by Crippen LogP contribution is 2.48. The van der Waals surface area contributed by atoms with Crippen molar-refractivity contribution in [1.82, 2.24) is 20.2 Å². The van der Waals surface area contributed by atoms with Crippen molar-refractivity contribution in [2.75, 3.05) is 13.1 Å². The van der Waals surface area contributed by atoms with E-state index in [4.69, 9.17) is 0 Å². The molecule has 2 heterocycles. The van der Waals surface area contributed by atoms with Crippen LogP contribution in [-0.4, -0.2) is 34.0 Å². The highest BCUT2D eigenvalue weighted by Gasteiger charge is 2.50. The summed E-state index contributed by atoms with van der Waals surface area (Å²) in [4.78, 5) is 22.4. The van der Waals surface area contributed by atoms with Crippen LogP contribution in [0.2, 0.25) is 0 Å². The van der Waals surface area contributed by atoms with E-state index >= 15 is 0 Å². The van der Waals surface area contributed by atoms with Crippen molar-refractivity contribution < 1.29 is 9.18 Å². The molecule has 126 valence electrons. The fourth-order valence-electron chi connectivity index (χ4n) is 3.85. The lowest BCUT2D eigenvalue weighted by atomic mass is 9.70. The van der Waals surface area contributed by atoms with E-state index in [2.05, 4.69) is 15.3 Å². The molecule has 1 aromatic heterocycles. The van der Waals surface area contributed by atoms with Crippen molar-refractivity contribution in [2.24, 2.45) is 0 Å². The van der Waals surface area contributed by atoms with Gasteiger partial charge in [0.15, 0.2) is 0 Å². The van der Waals surface area contributed by atoms with Crippen LogP contribution in [0.15, 0.2) is 30.6 Å². The maximum absolute atomic E-state index is 12.9. The van der Waals surface area contributed by atoms with Crippen LogP contribution in [-0.2, 0) is 18.4 Å². The number of hydrogen-bond donors (Lipinski definition) is 2. The number of imidazole rings is 1. The molecule has 5 nitrogen and oxygen atoms in total. The number of benzene rings is 1. The smallest absolute Gasteiger partial charge is 0.318 e. The number of hydrogen-bond acceptors (Lipinski definition) is 2. The van der Waals surface area contributed by atoms with E-state index in [0.717, 1.165) is 43.5 Å². The van der Waals surface area contributed by atoms with Gasteiger partial charge in [-0.1, -0.05) is 12.1 Å². The minimum Gasteiger partial charge on any atom is -0.348 e. The van der Waals surface area contributed by atoms with E-state index in [1.165, 1.54) is 17.8 Å². The third-order valence-electron chi connectivity index (χ3n) is 5.29. The number of nitrogens with zero attached hydrogens (tertiary/aromatic N) is 2. The van der Waals surface area contributed by atoms with Crippen LogP contribution in [0, 0.1) is 5.82 Å². The summed E-state index contributed by atoms with van der Waals surface area (Å²) < 4.78 is 12.9. The molecular weight excluding hydrogens is 307 g/mol. The standard InChI is InChI=1S/C18H21FN4O/c19-14-4-2-13(3-5-14)6-10-20-17(24)23-11-7-15-16(22-12-21-15)18(23)8-1-9-18/h2-5,12H,1,6-11H2,(H,20,24)(H,21,22). The Labute approximate surface area is 140 Å². The molecule has 1 fully saturated rings. The quantitative estimate of drug-likeness (QED) is 0.910. The molecule has 2 N–H and O–H groups in total. The van der Waals surface area contributed by atoms with E-state index < -0.39 is 0 Å². The number of carbonyl (C=O) groups excluding carboxylic acids is 1. The van der Waals surface area contributed by atoms with Gasteiger partial charge in [0.25, 0.3) is 0 Å². The predicted octanol–water partition coefficient (Wildman–Crippen LogP) is 2.74. The summed E-state index contributed by atoms with van der Waals surface area (Å²) in [6.45, 7) is 1.27. The molecule has 24 heavy (non-hydrogen) atoms. The number of aromatic nitrogens is 2. The van der Waals surface area contributed by atoms with Gasteiger partial charge in [-0.05, 0) is 43.4 Å². The van der Waals surface area contributed by atoms with Crippen LogP contribution < -0.4 is 5.32 Å². The second-order valence-corrected chi connectivity index (χ2v) is 6.62. The monoisotopic (exact) mass is 328 g/mol. The molecule has 0 saturated heterocycles. The number of aromatic amines is 1. The summed E-state index contributed by atoms with van der Waals surface area (Å²) in [5.41, 5.74) is 3.02. The summed E-state index contributed by atoms with van der Waals surface area (Å²) >= 11 is 0. The van der Waals surface area contributed by atoms with Crippen molar-refractivity contribution >= 4 is 6.03 Å². The van der Waals surface area contributed by atoms with E-state index in [1.54, 1.807) is 18.5 Å². The Balaban J connectivity index is 1.40. The highest BCUT2D eigenvalue weighted by molar-refractivity contribution is 5.76. The molecular formula is C18H21FN4O. The number of amides is 2. The number of fused-ring (bicyclic) bond motifs is 2. The van der Waals surface area contributed by atoms with Crippen LogP contribution in [0.3, 0.4) is 0 Å². The molecule has 0 unspecified atom stereocenters. The third-order valence-corrected chi connectivity index (χ3v) is 5.29. The fraction of sp³-hybridized carbons (Fsp3) is 0.444. The zero-order chi connectivity index (χ0) is 16.6. The largest absolute Gasteiger partial charge is 0.348 e. The summed E-state index contributed by atoms with van der Waals surface area (Å²) in [6, 6.07) is 6.39. The molecule has 1 aromatic carbocycles. The lowest BCUT2D eigenvalue weighted by molar-refractivity contribution is 0.0304. The Morgan fingerprint density at radius 3 is 2.83 bits per heavy atom. The molecule has 0 atom stereocenters. The number of nitrogens with one attached hydrogen (secondary N) is 2. The first-order valence-corrected chi connectivity index (χ1v) is 8.52. The summed E-state index contributed by atoms with van der Waals surface area (Å²) in [7, 11) is 0. The maximum Gasteiger partial charge on any atom is 0.318 e. The second kappa shape index (κ2) is 5.92. The number of rotatable bonds is 3. The maximum atomic E-state index is 12.9. The first-order valence-electron chi connectivity index (χ1n) is 8.52. The van der Waals surface area contributed by atoms with Crippen molar-refractivity contribution in [3.8, 4) is 0 Å². The normalized spacial score (nSPS) is 18.1. The second-order valence-electron chi connectivity index (χ2n) is 6.62. The SMILES string of the molecule is O=C(NCCc1ccc(F)cc1)N1CCc2[nH]cnc2C12CCC2. The van der Waals surface area contributed by atoms with Gasteiger partial charge in [-0.3, -0.25) is 0 Å². The predicted molar refractivity (Wildman–Crippen MR) is 88.0 cm³/mol. The van der Waals surface area contributed by atoms with Gasteiger partial charge in [0.2, 0.25) is 0 Å². The number of H-pyrrole nitrogens is 1. The Kier molecular flexibility index (Phi) is 3.75. The molecule has 6 heteroatoms. The minimum atomic E-state index is -0.238. The van der Waals surface area contributed by atoms with Crippen molar-refractivity contribution in [3.05, 3.63) is 53.4 Å². The first kappa shape index (κ1) is 15.2. The zero-order valence-corrected chi connectivity index (χ0v) is 13.5. The molecule has 1 aliphatic heterocycles. The first-order chi connectivity index (χ1) is 11.7. The van der Waals surface area contributed by atoms with Crippen LogP contribution in [0.5, 0.6) is 0 Å². The third kappa shape index (κ3) is 2.46. The number of urea groups is 1. The lowest BCUT2D eigenvalue weighted by Crippen LogP contribution is -2.59. The summed E-state index contributed by atoms with van der Waals surface area (Å²) in [5.74, 6) is -0.238. The van der Waals surface area contributed by atoms with Gasteiger partial charge in [0.1, 0.15) is 5.82 Å². The van der Waals surface area contributed by atoms with Gasteiger partial charge >= 0.3 is 6.03 Å². The van der Waals surface area contributed by atoms with Gasteiger partial charge in [-0.25, -0.2) is 14.2 Å². The van der Waals surface area contributed by atoms with E-state index in [-0.39, 0.29) is 17.4 Å². The Morgan fingerprint density at radius 1 is 1.33 bits per heavy atom. The Bertz CT molecular complexity index is 736. The highest BCUT2D eigenvalue weighted by atomic mass is 19.1. The molecule has 2 amide bonds. The van der Waals surface area contributed by atoms with Crippen LogP contribution in [0.25, 0.3) is 0 Å². The minimum absolute atomic E-state index is 0.0227. The topological polar surface area (TPSA) is 61.0 Å². The molecule has 1 saturated carbocycles. The molecule has 2 aliphatic rings. The molecule has 0 bridgehead atoms. The fourth-order valence-corrected chi connectivity index (χ4v) is 3.85. The average molecular weight is 328 g/mol. The van der Waals surface area contributed by atoms with Gasteiger partial charge in [0, 0.05) is 25.2 Å². The van der Waals surface area contributed by atoms with Gasteiger partial charge in [-0.15, -0.1) is 0 Å². The molecule has 4 rings (SSSR count). The van der Waals surface area contributed by atoms with Crippen molar-refractivity contribution in [3.63, 3.8) is 0 Å². The van der Waals surface area contributed by atoms with E-state index in [0.29, 0.717) is 13.0 Å². The van der Waals surface area contributed by atoms with Crippen molar-refractivity contribution in [1.29, 1.82) is 0 Å². The van der Waals surface area contributed by atoms with E-state index in [1.807, 2.05) is 4.90 Å². The van der Waals surface area contributed by atoms with Gasteiger partial charge in [0.05, 0.1) is 17.6 Å². The Morgan fingerprint density at radius 2 is 2.12 bits per heavy atom. The number of carbonyl (C=O) groups is 1. The van der Waals surface area contributed by atoms with Crippen molar-refractivity contribution in [2.45, 2.75) is 37.6 Å². The van der Waals surface area contributed by atoms with Gasteiger partial charge in [-0.2, -0.15) is 0 Å². The molecule has 1 aliphatic carbocycles. The average Bonchev–Trinajstić information content (AvgIpc) is 3.03. The van der Waals surface area contributed by atoms with Gasteiger partial charge < -0.3 is 15.2 Å². The van der Waals surface area contributed by atoms with Crippen LogP contribution in [0.1, 0.15) is 36.2 Å². The molecule has 0 radical (unpaired) electrons. The lowest BCUT2D eigenvalue weighted by Gasteiger charge is -2.51. The summed E-state index contributed by atoms with van der Waals surface area (Å²) in [5, 5.41) is 3.02. The summed E-state index contributed by atoms with van der Waals surface area (Å²) in [6.07, 6.45) is 6.35. The molecule has 2 aromatic rings.